The molecule has 4 heteroatoms. The van der Waals surface area contributed by atoms with E-state index in [1.165, 1.54) is 29.7 Å². The second kappa shape index (κ2) is 9.23. The standard InChI is InChI=1S/C17H34N4/c1-5-20-16(10-13(4)18)15-11-14(9-12(2)3)7-6-8-21-17(15)19/h13-14,17,20-21H,2,5-11,18-19H2,1,3-4H3/b16-15+. The van der Waals surface area contributed by atoms with Gasteiger partial charge in [0, 0.05) is 24.7 Å². The molecule has 0 aromatic rings. The molecule has 0 amide bonds. The minimum atomic E-state index is -0.0641. The molecule has 0 aromatic carbocycles. The number of allylic oxidation sites excluding steroid dienone is 1. The van der Waals surface area contributed by atoms with Crippen molar-refractivity contribution in [2.24, 2.45) is 17.4 Å². The molecule has 1 aliphatic heterocycles. The van der Waals surface area contributed by atoms with E-state index in [4.69, 9.17) is 11.5 Å². The Balaban J connectivity index is 2.99. The normalized spacial score (nSPS) is 27.5. The molecule has 0 radical (unpaired) electrons. The fourth-order valence-corrected chi connectivity index (χ4v) is 3.14. The van der Waals surface area contributed by atoms with Gasteiger partial charge in [0.15, 0.2) is 0 Å². The fraction of sp³-hybridized carbons (Fsp3) is 0.765. The molecule has 0 aromatic heterocycles. The third kappa shape index (κ3) is 6.64. The summed E-state index contributed by atoms with van der Waals surface area (Å²) in [5.41, 5.74) is 16.2. The van der Waals surface area contributed by atoms with Crippen LogP contribution in [0.5, 0.6) is 0 Å². The lowest BCUT2D eigenvalue weighted by molar-refractivity contribution is 0.392. The van der Waals surface area contributed by atoms with Crippen molar-refractivity contribution in [2.75, 3.05) is 13.1 Å². The summed E-state index contributed by atoms with van der Waals surface area (Å²) in [6, 6.07) is 0.142. The Bertz CT molecular complexity index is 360. The molecule has 3 unspecified atom stereocenters. The van der Waals surface area contributed by atoms with E-state index in [1.54, 1.807) is 0 Å². The van der Waals surface area contributed by atoms with Crippen LogP contribution in [0.25, 0.3) is 0 Å². The second-order valence-corrected chi connectivity index (χ2v) is 6.52. The lowest BCUT2D eigenvalue weighted by Gasteiger charge is -2.30. The van der Waals surface area contributed by atoms with E-state index in [-0.39, 0.29) is 12.2 Å². The molecule has 1 heterocycles. The minimum Gasteiger partial charge on any atom is -0.389 e. The molecular formula is C17H34N4. The SMILES string of the molecule is C=C(C)CC1CCCNC(N)/C(=C(\CC(C)N)NCC)C1. The lowest BCUT2D eigenvalue weighted by Crippen LogP contribution is -2.43. The average molecular weight is 294 g/mol. The summed E-state index contributed by atoms with van der Waals surface area (Å²) in [7, 11) is 0. The summed E-state index contributed by atoms with van der Waals surface area (Å²) in [5, 5.41) is 6.93. The molecule has 1 fully saturated rings. The van der Waals surface area contributed by atoms with Crippen LogP contribution in [-0.4, -0.2) is 25.3 Å². The highest BCUT2D eigenvalue weighted by molar-refractivity contribution is 5.20. The van der Waals surface area contributed by atoms with Crippen molar-refractivity contribution in [3.8, 4) is 0 Å². The maximum absolute atomic E-state index is 6.38. The number of hydrogen-bond donors (Lipinski definition) is 4. The molecule has 4 nitrogen and oxygen atoms in total. The maximum atomic E-state index is 6.38. The topological polar surface area (TPSA) is 76.1 Å². The van der Waals surface area contributed by atoms with Crippen LogP contribution in [0, 0.1) is 5.92 Å². The minimum absolute atomic E-state index is 0.0641. The fourth-order valence-electron chi connectivity index (χ4n) is 3.14. The molecule has 0 spiro atoms. The summed E-state index contributed by atoms with van der Waals surface area (Å²) < 4.78 is 0. The van der Waals surface area contributed by atoms with Gasteiger partial charge in [-0.05, 0) is 64.5 Å². The van der Waals surface area contributed by atoms with E-state index in [2.05, 4.69) is 31.1 Å². The molecule has 3 atom stereocenters. The summed E-state index contributed by atoms with van der Waals surface area (Å²) in [6.07, 6.45) is 5.34. The summed E-state index contributed by atoms with van der Waals surface area (Å²) >= 11 is 0. The van der Waals surface area contributed by atoms with Crippen molar-refractivity contribution >= 4 is 0 Å². The van der Waals surface area contributed by atoms with Crippen molar-refractivity contribution in [3.05, 3.63) is 23.4 Å². The smallest absolute Gasteiger partial charge is 0.0788 e. The zero-order valence-electron chi connectivity index (χ0n) is 14.0. The second-order valence-electron chi connectivity index (χ2n) is 6.52. The van der Waals surface area contributed by atoms with E-state index in [0.717, 1.165) is 32.4 Å². The number of nitrogens with one attached hydrogen (secondary N) is 2. The highest BCUT2D eigenvalue weighted by atomic mass is 15.0. The predicted octanol–water partition coefficient (Wildman–Crippen LogP) is 2.23. The van der Waals surface area contributed by atoms with Crippen LogP contribution in [0.15, 0.2) is 23.4 Å². The van der Waals surface area contributed by atoms with E-state index in [1.807, 2.05) is 6.92 Å². The van der Waals surface area contributed by atoms with Gasteiger partial charge in [0.05, 0.1) is 6.17 Å². The van der Waals surface area contributed by atoms with Gasteiger partial charge in [0.2, 0.25) is 0 Å². The van der Waals surface area contributed by atoms with Gasteiger partial charge < -0.3 is 16.8 Å². The maximum Gasteiger partial charge on any atom is 0.0788 e. The molecular weight excluding hydrogens is 260 g/mol. The quantitative estimate of drug-likeness (QED) is 0.567. The van der Waals surface area contributed by atoms with Crippen molar-refractivity contribution in [2.45, 2.75) is 65.1 Å². The van der Waals surface area contributed by atoms with Crippen LogP contribution < -0.4 is 22.1 Å². The molecule has 122 valence electrons. The van der Waals surface area contributed by atoms with Gasteiger partial charge in [0.1, 0.15) is 0 Å². The summed E-state index contributed by atoms with van der Waals surface area (Å²) in [4.78, 5) is 0. The van der Waals surface area contributed by atoms with Crippen molar-refractivity contribution < 1.29 is 0 Å². The third-order valence-electron chi connectivity index (χ3n) is 3.98. The summed E-state index contributed by atoms with van der Waals surface area (Å²) in [6.45, 7) is 12.3. The van der Waals surface area contributed by atoms with E-state index in [9.17, 15) is 0 Å². The Morgan fingerprint density at radius 3 is 2.81 bits per heavy atom. The zero-order chi connectivity index (χ0) is 15.8. The van der Waals surface area contributed by atoms with Crippen molar-refractivity contribution in [1.82, 2.24) is 10.6 Å². The molecule has 1 saturated heterocycles. The Kier molecular flexibility index (Phi) is 8.01. The van der Waals surface area contributed by atoms with Gasteiger partial charge >= 0.3 is 0 Å². The molecule has 0 aliphatic carbocycles. The molecule has 21 heavy (non-hydrogen) atoms. The molecule has 0 bridgehead atoms. The first kappa shape index (κ1) is 18.2. The van der Waals surface area contributed by atoms with Gasteiger partial charge in [-0.2, -0.15) is 0 Å². The largest absolute Gasteiger partial charge is 0.389 e. The Morgan fingerprint density at radius 1 is 1.52 bits per heavy atom. The molecule has 6 N–H and O–H groups in total. The molecule has 0 saturated carbocycles. The van der Waals surface area contributed by atoms with Crippen LogP contribution in [0.4, 0.5) is 0 Å². The van der Waals surface area contributed by atoms with Crippen LogP contribution in [0.3, 0.4) is 0 Å². The van der Waals surface area contributed by atoms with Crippen molar-refractivity contribution in [1.29, 1.82) is 0 Å². The number of hydrogen-bond acceptors (Lipinski definition) is 4. The van der Waals surface area contributed by atoms with Crippen LogP contribution in [0.2, 0.25) is 0 Å². The Morgan fingerprint density at radius 2 is 2.24 bits per heavy atom. The monoisotopic (exact) mass is 294 g/mol. The zero-order valence-corrected chi connectivity index (χ0v) is 14.0. The van der Waals surface area contributed by atoms with Crippen molar-refractivity contribution in [3.63, 3.8) is 0 Å². The first-order valence-electron chi connectivity index (χ1n) is 8.28. The van der Waals surface area contributed by atoms with Crippen LogP contribution >= 0.6 is 0 Å². The Labute approximate surface area is 130 Å². The third-order valence-corrected chi connectivity index (χ3v) is 3.98. The van der Waals surface area contributed by atoms with Gasteiger partial charge in [-0.3, -0.25) is 5.32 Å². The van der Waals surface area contributed by atoms with Crippen LogP contribution in [0.1, 0.15) is 52.9 Å². The Hall–Kier alpha value is -0.840. The van der Waals surface area contributed by atoms with E-state index in [0.29, 0.717) is 5.92 Å². The highest BCUT2D eigenvalue weighted by Gasteiger charge is 2.22. The van der Waals surface area contributed by atoms with Gasteiger partial charge in [-0.15, -0.1) is 6.58 Å². The van der Waals surface area contributed by atoms with Gasteiger partial charge in [-0.25, -0.2) is 0 Å². The first-order valence-corrected chi connectivity index (χ1v) is 8.28. The predicted molar refractivity (Wildman–Crippen MR) is 91.7 cm³/mol. The van der Waals surface area contributed by atoms with Gasteiger partial charge in [-0.1, -0.05) is 5.57 Å². The molecule has 1 rings (SSSR count). The van der Waals surface area contributed by atoms with E-state index >= 15 is 0 Å². The van der Waals surface area contributed by atoms with Gasteiger partial charge in [0.25, 0.3) is 0 Å². The number of nitrogens with two attached hydrogens (primary N) is 2. The number of rotatable bonds is 6. The summed E-state index contributed by atoms with van der Waals surface area (Å²) in [5.74, 6) is 0.646. The first-order chi connectivity index (χ1) is 9.93. The molecule has 1 aliphatic rings. The van der Waals surface area contributed by atoms with Crippen LogP contribution in [-0.2, 0) is 0 Å². The highest BCUT2D eigenvalue weighted by Crippen LogP contribution is 2.28. The van der Waals surface area contributed by atoms with E-state index < -0.39 is 0 Å². The lowest BCUT2D eigenvalue weighted by atomic mass is 9.85. The average Bonchev–Trinajstić information content (AvgIpc) is 2.36.